The van der Waals surface area contributed by atoms with Gasteiger partial charge in [0, 0.05) is 18.7 Å². The van der Waals surface area contributed by atoms with E-state index in [4.69, 9.17) is 11.6 Å². The van der Waals surface area contributed by atoms with Gasteiger partial charge in [0.1, 0.15) is 5.15 Å². The summed E-state index contributed by atoms with van der Waals surface area (Å²) in [6, 6.07) is 6.52. The van der Waals surface area contributed by atoms with Crippen LogP contribution in [0.5, 0.6) is 0 Å². The van der Waals surface area contributed by atoms with Gasteiger partial charge in [-0.25, -0.2) is 0 Å². The van der Waals surface area contributed by atoms with Crippen LogP contribution >= 0.6 is 11.6 Å². The Morgan fingerprint density at radius 2 is 2.00 bits per heavy atom. The molecule has 92 valence electrons. The molecule has 0 unspecified atom stereocenters. The van der Waals surface area contributed by atoms with E-state index in [1.807, 2.05) is 0 Å². The fraction of sp³-hybridized carbons (Fsp3) is 0.0833. The van der Waals surface area contributed by atoms with Gasteiger partial charge >= 0.3 is 0 Å². The second-order valence-corrected chi connectivity index (χ2v) is 4.02. The first-order chi connectivity index (χ1) is 8.59. The minimum atomic E-state index is -0.412. The molecule has 6 heteroatoms. The van der Waals surface area contributed by atoms with E-state index in [0.717, 1.165) is 5.56 Å². The SMILES string of the molecule is Cn1ncc(/C=C/c2ccccc2[N+](=O)[O-])c1Cl. The standard InChI is InChI=1S/C12H10ClN3O2/c1-15-12(13)10(8-14-15)7-6-9-4-2-3-5-11(9)16(17)18/h2-8H,1H3/b7-6+. The molecule has 1 heterocycles. The van der Waals surface area contributed by atoms with E-state index in [1.165, 1.54) is 10.7 Å². The van der Waals surface area contributed by atoms with E-state index in [0.29, 0.717) is 10.7 Å². The second-order valence-electron chi connectivity index (χ2n) is 3.66. The summed E-state index contributed by atoms with van der Waals surface area (Å²) < 4.78 is 1.53. The Labute approximate surface area is 108 Å². The predicted octanol–water partition coefficient (Wildman–Crippen LogP) is 3.15. The molecule has 18 heavy (non-hydrogen) atoms. The molecule has 0 amide bonds. The highest BCUT2D eigenvalue weighted by Crippen LogP contribution is 2.22. The Bertz CT molecular complexity index is 620. The quantitative estimate of drug-likeness (QED) is 0.631. The molecule has 0 saturated carbocycles. The van der Waals surface area contributed by atoms with Crippen molar-refractivity contribution in [1.29, 1.82) is 0 Å². The van der Waals surface area contributed by atoms with Crippen LogP contribution in [0.1, 0.15) is 11.1 Å². The third-order valence-corrected chi connectivity index (χ3v) is 2.93. The number of benzene rings is 1. The first-order valence-electron chi connectivity index (χ1n) is 5.18. The average molecular weight is 264 g/mol. The summed E-state index contributed by atoms with van der Waals surface area (Å²) >= 11 is 5.99. The molecule has 2 aromatic rings. The highest BCUT2D eigenvalue weighted by atomic mass is 35.5. The van der Waals surface area contributed by atoms with Crippen LogP contribution in [-0.2, 0) is 7.05 Å². The molecular formula is C12H10ClN3O2. The van der Waals surface area contributed by atoms with Crippen molar-refractivity contribution in [3.63, 3.8) is 0 Å². The number of nitro benzene ring substituents is 1. The van der Waals surface area contributed by atoms with Gasteiger partial charge in [-0.2, -0.15) is 5.10 Å². The van der Waals surface area contributed by atoms with Crippen molar-refractivity contribution >= 4 is 29.4 Å². The Morgan fingerprint density at radius 3 is 2.61 bits per heavy atom. The highest BCUT2D eigenvalue weighted by Gasteiger charge is 2.09. The van der Waals surface area contributed by atoms with Gasteiger partial charge in [-0.15, -0.1) is 0 Å². The third-order valence-electron chi connectivity index (χ3n) is 2.47. The van der Waals surface area contributed by atoms with E-state index >= 15 is 0 Å². The number of aromatic nitrogens is 2. The number of nitro groups is 1. The van der Waals surface area contributed by atoms with Crippen molar-refractivity contribution in [1.82, 2.24) is 9.78 Å². The average Bonchev–Trinajstić information content (AvgIpc) is 2.68. The number of para-hydroxylation sites is 1. The topological polar surface area (TPSA) is 61.0 Å². The van der Waals surface area contributed by atoms with Crippen molar-refractivity contribution in [3.05, 3.63) is 56.9 Å². The second kappa shape index (κ2) is 5.01. The first-order valence-corrected chi connectivity index (χ1v) is 5.56. The van der Waals surface area contributed by atoms with Gasteiger partial charge in [0.05, 0.1) is 16.7 Å². The lowest BCUT2D eigenvalue weighted by molar-refractivity contribution is -0.385. The molecule has 0 saturated heterocycles. The number of hydrogen-bond donors (Lipinski definition) is 0. The van der Waals surface area contributed by atoms with Crippen molar-refractivity contribution in [3.8, 4) is 0 Å². The largest absolute Gasteiger partial charge is 0.276 e. The summed E-state index contributed by atoms with van der Waals surface area (Å²) in [5, 5.41) is 15.3. The summed E-state index contributed by atoms with van der Waals surface area (Å²) in [5.41, 5.74) is 1.31. The molecule has 0 aliphatic rings. The van der Waals surface area contributed by atoms with Gasteiger partial charge in [-0.05, 0) is 18.2 Å². The van der Waals surface area contributed by atoms with Gasteiger partial charge in [0.15, 0.2) is 0 Å². The van der Waals surface area contributed by atoms with Crippen molar-refractivity contribution in [2.45, 2.75) is 0 Å². The molecule has 0 fully saturated rings. The Hall–Kier alpha value is -2.14. The highest BCUT2D eigenvalue weighted by molar-refractivity contribution is 6.31. The molecule has 0 aliphatic carbocycles. The fourth-order valence-corrected chi connectivity index (χ4v) is 1.68. The zero-order chi connectivity index (χ0) is 13.1. The normalized spacial score (nSPS) is 11.0. The van der Waals surface area contributed by atoms with Gasteiger partial charge in [-0.1, -0.05) is 23.7 Å². The molecule has 1 aromatic heterocycles. The van der Waals surface area contributed by atoms with Crippen LogP contribution in [-0.4, -0.2) is 14.7 Å². The lowest BCUT2D eigenvalue weighted by atomic mass is 10.1. The minimum absolute atomic E-state index is 0.0637. The van der Waals surface area contributed by atoms with Gasteiger partial charge < -0.3 is 0 Å². The Kier molecular flexibility index (Phi) is 3.43. The van der Waals surface area contributed by atoms with Gasteiger partial charge in [0.2, 0.25) is 0 Å². The van der Waals surface area contributed by atoms with Crippen molar-refractivity contribution < 1.29 is 4.92 Å². The van der Waals surface area contributed by atoms with Crippen LogP contribution in [0.2, 0.25) is 5.15 Å². The molecule has 0 spiro atoms. The van der Waals surface area contributed by atoms with E-state index in [1.54, 1.807) is 43.6 Å². The summed E-state index contributed by atoms with van der Waals surface area (Å²) in [6.07, 6.45) is 4.96. The lowest BCUT2D eigenvalue weighted by Gasteiger charge is -1.96. The summed E-state index contributed by atoms with van der Waals surface area (Å²) in [5.74, 6) is 0. The van der Waals surface area contributed by atoms with Crippen LogP contribution in [0.4, 0.5) is 5.69 Å². The molecule has 0 atom stereocenters. The Morgan fingerprint density at radius 1 is 1.33 bits per heavy atom. The van der Waals surface area contributed by atoms with Crippen LogP contribution in [0.3, 0.4) is 0 Å². The maximum Gasteiger partial charge on any atom is 0.276 e. The molecular weight excluding hydrogens is 254 g/mol. The monoisotopic (exact) mass is 263 g/mol. The first kappa shape index (κ1) is 12.3. The van der Waals surface area contributed by atoms with E-state index in [2.05, 4.69) is 5.10 Å². The molecule has 0 bridgehead atoms. The number of halogens is 1. The summed E-state index contributed by atoms with van der Waals surface area (Å²) in [7, 11) is 1.73. The van der Waals surface area contributed by atoms with Crippen LogP contribution < -0.4 is 0 Å². The van der Waals surface area contributed by atoms with Crippen molar-refractivity contribution in [2.24, 2.45) is 7.05 Å². The zero-order valence-electron chi connectivity index (χ0n) is 9.58. The van der Waals surface area contributed by atoms with E-state index < -0.39 is 4.92 Å². The maximum atomic E-state index is 10.8. The number of rotatable bonds is 3. The van der Waals surface area contributed by atoms with E-state index in [9.17, 15) is 10.1 Å². The predicted molar refractivity (Wildman–Crippen MR) is 70.2 cm³/mol. The number of aryl methyl sites for hydroxylation is 1. The maximum absolute atomic E-state index is 10.8. The Balaban J connectivity index is 2.35. The molecule has 0 aliphatic heterocycles. The molecule has 0 radical (unpaired) electrons. The lowest BCUT2D eigenvalue weighted by Crippen LogP contribution is -1.90. The molecule has 2 rings (SSSR count). The van der Waals surface area contributed by atoms with Gasteiger partial charge in [-0.3, -0.25) is 14.8 Å². The van der Waals surface area contributed by atoms with Gasteiger partial charge in [0.25, 0.3) is 5.69 Å². The fourth-order valence-electron chi connectivity index (χ4n) is 1.53. The number of nitrogens with zero attached hydrogens (tertiary/aromatic N) is 3. The van der Waals surface area contributed by atoms with Crippen LogP contribution in [0, 0.1) is 10.1 Å². The smallest absolute Gasteiger partial charge is 0.258 e. The molecule has 1 aromatic carbocycles. The third kappa shape index (κ3) is 2.41. The molecule has 0 N–H and O–H groups in total. The summed E-state index contributed by atoms with van der Waals surface area (Å²) in [6.45, 7) is 0. The number of hydrogen-bond acceptors (Lipinski definition) is 3. The van der Waals surface area contributed by atoms with Crippen molar-refractivity contribution in [2.75, 3.05) is 0 Å². The van der Waals surface area contributed by atoms with Crippen LogP contribution in [0.15, 0.2) is 30.5 Å². The summed E-state index contributed by atoms with van der Waals surface area (Å²) in [4.78, 5) is 10.4. The minimum Gasteiger partial charge on any atom is -0.258 e. The van der Waals surface area contributed by atoms with Crippen LogP contribution in [0.25, 0.3) is 12.2 Å². The van der Waals surface area contributed by atoms with E-state index in [-0.39, 0.29) is 5.69 Å². The molecule has 5 nitrogen and oxygen atoms in total. The zero-order valence-corrected chi connectivity index (χ0v) is 10.3.